The molecule has 1 rings (SSSR count). The molecule has 0 spiro atoms. The van der Waals surface area contributed by atoms with Gasteiger partial charge in [0.2, 0.25) is 0 Å². The molecule has 0 saturated carbocycles. The van der Waals surface area contributed by atoms with E-state index < -0.39 is 8.07 Å². The normalized spacial score (nSPS) is 13.2. The summed E-state index contributed by atoms with van der Waals surface area (Å²) in [6.45, 7) is 6.86. The lowest BCUT2D eigenvalue weighted by Gasteiger charge is -2.28. The fourth-order valence-electron chi connectivity index (χ4n) is 1.86. The van der Waals surface area contributed by atoms with Crippen LogP contribution in [0.3, 0.4) is 0 Å². The quantitative estimate of drug-likeness (QED) is 0.593. The molecule has 0 bridgehead atoms. The number of carbonyl (C=O) groups excluding carboxylic acids is 1. The fourth-order valence-corrected chi connectivity index (χ4v) is 3.83. The molecule has 0 amide bonds. The van der Waals surface area contributed by atoms with E-state index in [4.69, 9.17) is 4.74 Å². The van der Waals surface area contributed by atoms with Crippen molar-refractivity contribution in [2.75, 3.05) is 7.11 Å². The second kappa shape index (κ2) is 5.30. The number of esters is 1. The molecular weight excluding hydrogens is 216 g/mol. The number of hydrogen-bond donors (Lipinski definition) is 0. The molecule has 0 aromatic heterocycles. The number of methoxy groups -OCH3 is 1. The van der Waals surface area contributed by atoms with Crippen molar-refractivity contribution >= 4 is 14.0 Å². The van der Waals surface area contributed by atoms with Gasteiger partial charge in [0.25, 0.3) is 0 Å². The maximum Gasteiger partial charge on any atom is 0.305 e. The van der Waals surface area contributed by atoms with Crippen molar-refractivity contribution in [3.63, 3.8) is 0 Å². The molecule has 0 fully saturated rings. The molecule has 16 heavy (non-hydrogen) atoms. The van der Waals surface area contributed by atoms with E-state index in [1.165, 1.54) is 12.7 Å². The summed E-state index contributed by atoms with van der Waals surface area (Å²) >= 11 is 0. The van der Waals surface area contributed by atoms with Gasteiger partial charge in [0.05, 0.1) is 15.2 Å². The average molecular weight is 236 g/mol. The van der Waals surface area contributed by atoms with Crippen molar-refractivity contribution in [3.8, 4) is 0 Å². The van der Waals surface area contributed by atoms with Crippen LogP contribution in [0, 0.1) is 0 Å². The van der Waals surface area contributed by atoms with E-state index in [-0.39, 0.29) is 5.97 Å². The van der Waals surface area contributed by atoms with Crippen LogP contribution in [0.1, 0.15) is 17.5 Å². The van der Waals surface area contributed by atoms with E-state index in [0.717, 1.165) is 0 Å². The lowest BCUT2D eigenvalue weighted by Crippen LogP contribution is -2.33. The van der Waals surface area contributed by atoms with Gasteiger partial charge in [-0.15, -0.1) is 0 Å². The second-order valence-electron chi connectivity index (χ2n) is 5.11. The molecule has 0 N–H and O–H groups in total. The predicted molar refractivity (Wildman–Crippen MR) is 69.2 cm³/mol. The average Bonchev–Trinajstić information content (AvgIpc) is 2.25. The van der Waals surface area contributed by atoms with Gasteiger partial charge in [0.15, 0.2) is 0 Å². The van der Waals surface area contributed by atoms with Crippen LogP contribution in [-0.4, -0.2) is 21.2 Å². The molecule has 3 heteroatoms. The monoisotopic (exact) mass is 236 g/mol. The Labute approximate surface area is 98.6 Å². The number of rotatable bonds is 4. The van der Waals surface area contributed by atoms with Crippen LogP contribution >= 0.6 is 0 Å². The maximum atomic E-state index is 11.4. The smallest absolute Gasteiger partial charge is 0.305 e. The SMILES string of the molecule is COC(=O)C[C@H](c1ccccc1)[Si](C)(C)C. The molecule has 88 valence electrons. The van der Waals surface area contributed by atoms with Gasteiger partial charge in [-0.05, 0) is 11.1 Å². The van der Waals surface area contributed by atoms with E-state index in [9.17, 15) is 4.79 Å². The first-order valence-corrected chi connectivity index (χ1v) is 9.14. The molecule has 1 aromatic carbocycles. The molecule has 2 nitrogen and oxygen atoms in total. The third-order valence-corrected chi connectivity index (χ3v) is 5.47. The summed E-state index contributed by atoms with van der Waals surface area (Å²) in [7, 11) is 0.0456. The van der Waals surface area contributed by atoms with Crippen molar-refractivity contribution in [1.82, 2.24) is 0 Å². The van der Waals surface area contributed by atoms with Gasteiger partial charge in [0.1, 0.15) is 0 Å². The first-order chi connectivity index (χ1) is 7.45. The van der Waals surface area contributed by atoms with Crippen LogP contribution < -0.4 is 0 Å². The first-order valence-electron chi connectivity index (χ1n) is 5.57. The summed E-state index contributed by atoms with van der Waals surface area (Å²) < 4.78 is 4.78. The van der Waals surface area contributed by atoms with Gasteiger partial charge in [-0.25, -0.2) is 0 Å². The van der Waals surface area contributed by atoms with Crippen molar-refractivity contribution < 1.29 is 9.53 Å². The highest BCUT2D eigenvalue weighted by Crippen LogP contribution is 2.30. The van der Waals surface area contributed by atoms with E-state index >= 15 is 0 Å². The summed E-state index contributed by atoms with van der Waals surface area (Å²) in [5.74, 6) is -0.115. The minimum absolute atomic E-state index is 0.115. The Morgan fingerprint density at radius 1 is 1.25 bits per heavy atom. The Morgan fingerprint density at radius 2 is 1.81 bits per heavy atom. The maximum absolute atomic E-state index is 11.4. The summed E-state index contributed by atoms with van der Waals surface area (Å²) in [5, 5.41) is 0. The van der Waals surface area contributed by atoms with Crippen LogP contribution in [-0.2, 0) is 9.53 Å². The Hall–Kier alpha value is -1.09. The van der Waals surface area contributed by atoms with E-state index in [1.807, 2.05) is 18.2 Å². The Bertz CT molecular complexity index is 341. The molecular formula is C13H20O2Si. The van der Waals surface area contributed by atoms with Crippen LogP contribution in [0.4, 0.5) is 0 Å². The van der Waals surface area contributed by atoms with Gasteiger partial charge in [0, 0.05) is 6.42 Å². The molecule has 0 unspecified atom stereocenters. The van der Waals surface area contributed by atoms with Crippen LogP contribution in [0.15, 0.2) is 30.3 Å². The summed E-state index contributed by atoms with van der Waals surface area (Å²) in [6, 6.07) is 10.3. The van der Waals surface area contributed by atoms with Crippen molar-refractivity contribution in [3.05, 3.63) is 35.9 Å². The topological polar surface area (TPSA) is 26.3 Å². The number of ether oxygens (including phenoxy) is 1. The molecule has 0 aliphatic rings. The third-order valence-electron chi connectivity index (χ3n) is 2.85. The van der Waals surface area contributed by atoms with Gasteiger partial charge < -0.3 is 4.74 Å². The zero-order valence-corrected chi connectivity index (χ0v) is 11.5. The largest absolute Gasteiger partial charge is 0.469 e. The number of benzene rings is 1. The molecule has 1 aromatic rings. The molecule has 0 radical (unpaired) electrons. The highest BCUT2D eigenvalue weighted by atomic mass is 28.3. The minimum Gasteiger partial charge on any atom is -0.469 e. The van der Waals surface area contributed by atoms with Crippen molar-refractivity contribution in [2.45, 2.75) is 31.6 Å². The molecule has 0 aliphatic heterocycles. The molecule has 1 atom stereocenters. The molecule has 0 aliphatic carbocycles. The summed E-state index contributed by atoms with van der Waals surface area (Å²) in [4.78, 5) is 11.4. The summed E-state index contributed by atoms with van der Waals surface area (Å²) in [6.07, 6.45) is 0.496. The van der Waals surface area contributed by atoms with Crippen LogP contribution in [0.25, 0.3) is 0 Å². The van der Waals surface area contributed by atoms with Crippen LogP contribution in [0.5, 0.6) is 0 Å². The first kappa shape index (κ1) is 13.0. The highest BCUT2D eigenvalue weighted by molar-refractivity contribution is 6.77. The van der Waals surface area contributed by atoms with Crippen molar-refractivity contribution in [1.29, 1.82) is 0 Å². The zero-order valence-electron chi connectivity index (χ0n) is 10.5. The molecule has 0 saturated heterocycles. The standard InChI is InChI=1S/C13H20O2Si/c1-15-13(14)10-12(16(2,3)4)11-8-6-5-7-9-11/h5-9,12H,10H2,1-4H3/t12-/m1/s1. The summed E-state index contributed by atoms with van der Waals surface area (Å²) in [5.41, 5.74) is 1.59. The van der Waals surface area contributed by atoms with Gasteiger partial charge in [-0.3, -0.25) is 4.79 Å². The number of carbonyl (C=O) groups is 1. The Kier molecular flexibility index (Phi) is 4.30. The lowest BCUT2D eigenvalue weighted by atomic mass is 10.1. The van der Waals surface area contributed by atoms with Gasteiger partial charge in [-0.2, -0.15) is 0 Å². The minimum atomic E-state index is -1.41. The third kappa shape index (κ3) is 3.49. The van der Waals surface area contributed by atoms with Crippen molar-refractivity contribution in [2.24, 2.45) is 0 Å². The van der Waals surface area contributed by atoms with E-state index in [0.29, 0.717) is 12.0 Å². The zero-order chi connectivity index (χ0) is 12.2. The van der Waals surface area contributed by atoms with Crippen LogP contribution in [0.2, 0.25) is 19.6 Å². The highest BCUT2D eigenvalue weighted by Gasteiger charge is 2.30. The van der Waals surface area contributed by atoms with E-state index in [2.05, 4.69) is 31.8 Å². The van der Waals surface area contributed by atoms with Gasteiger partial charge >= 0.3 is 5.97 Å². The van der Waals surface area contributed by atoms with E-state index in [1.54, 1.807) is 0 Å². The second-order valence-corrected chi connectivity index (χ2v) is 10.5. The predicted octanol–water partition coefficient (Wildman–Crippen LogP) is 3.21. The number of hydrogen-bond acceptors (Lipinski definition) is 2. The fraction of sp³-hybridized carbons (Fsp3) is 0.462. The van der Waals surface area contributed by atoms with Gasteiger partial charge in [-0.1, -0.05) is 50.0 Å². The Morgan fingerprint density at radius 3 is 2.25 bits per heavy atom. The Balaban J connectivity index is 2.93. The molecule has 0 heterocycles. The lowest BCUT2D eigenvalue weighted by molar-refractivity contribution is -0.140.